The van der Waals surface area contributed by atoms with Gasteiger partial charge in [0.05, 0.1) is 12.6 Å². The SMILES string of the molecule is Cc1cccc(NC(=O)CNCC(O)CC(C)C)c1. The number of carbonyl (C=O) groups is 1. The molecule has 1 aromatic rings. The lowest BCUT2D eigenvalue weighted by atomic mass is 10.1. The fourth-order valence-corrected chi connectivity index (χ4v) is 1.91. The summed E-state index contributed by atoms with van der Waals surface area (Å²) in [6.45, 7) is 6.76. The van der Waals surface area contributed by atoms with Crippen molar-refractivity contribution in [3.63, 3.8) is 0 Å². The highest BCUT2D eigenvalue weighted by Crippen LogP contribution is 2.09. The lowest BCUT2D eigenvalue weighted by Crippen LogP contribution is -2.34. The Balaban J connectivity index is 2.25. The van der Waals surface area contributed by atoms with E-state index in [9.17, 15) is 9.90 Å². The van der Waals surface area contributed by atoms with Crippen molar-refractivity contribution < 1.29 is 9.90 Å². The number of benzene rings is 1. The molecule has 19 heavy (non-hydrogen) atoms. The van der Waals surface area contributed by atoms with Crippen molar-refractivity contribution >= 4 is 11.6 Å². The first-order valence-electron chi connectivity index (χ1n) is 6.72. The number of nitrogens with one attached hydrogen (secondary N) is 2. The molecule has 4 heteroatoms. The molecule has 0 heterocycles. The van der Waals surface area contributed by atoms with Gasteiger partial charge in [0.15, 0.2) is 0 Å². The maximum absolute atomic E-state index is 11.7. The number of amides is 1. The van der Waals surface area contributed by atoms with E-state index in [0.717, 1.165) is 17.7 Å². The predicted molar refractivity (Wildman–Crippen MR) is 78.1 cm³/mol. The normalized spacial score (nSPS) is 12.5. The average molecular weight is 264 g/mol. The number of hydrogen-bond donors (Lipinski definition) is 3. The van der Waals surface area contributed by atoms with Crippen molar-refractivity contribution in [3.05, 3.63) is 29.8 Å². The Morgan fingerprint density at radius 3 is 2.74 bits per heavy atom. The quantitative estimate of drug-likeness (QED) is 0.705. The number of hydrogen-bond acceptors (Lipinski definition) is 3. The standard InChI is InChI=1S/C15H24N2O2/c1-11(2)7-14(18)9-16-10-15(19)17-13-6-4-5-12(3)8-13/h4-6,8,11,14,16,18H,7,9-10H2,1-3H3,(H,17,19). The largest absolute Gasteiger partial charge is 0.392 e. The molecule has 1 aromatic carbocycles. The van der Waals surface area contributed by atoms with Gasteiger partial charge >= 0.3 is 0 Å². The zero-order valence-corrected chi connectivity index (χ0v) is 11.9. The lowest BCUT2D eigenvalue weighted by molar-refractivity contribution is -0.115. The van der Waals surface area contributed by atoms with Gasteiger partial charge in [-0.1, -0.05) is 26.0 Å². The van der Waals surface area contributed by atoms with Crippen LogP contribution in [0.4, 0.5) is 5.69 Å². The molecular formula is C15H24N2O2. The molecule has 1 unspecified atom stereocenters. The minimum absolute atomic E-state index is 0.0950. The van der Waals surface area contributed by atoms with Gasteiger partial charge in [0.2, 0.25) is 5.91 Å². The van der Waals surface area contributed by atoms with Gasteiger partial charge < -0.3 is 15.7 Å². The fraction of sp³-hybridized carbons (Fsp3) is 0.533. The van der Waals surface area contributed by atoms with Gasteiger partial charge in [-0.25, -0.2) is 0 Å². The fourth-order valence-electron chi connectivity index (χ4n) is 1.91. The third-order valence-electron chi connectivity index (χ3n) is 2.71. The highest BCUT2D eigenvalue weighted by atomic mass is 16.3. The Morgan fingerprint density at radius 2 is 2.11 bits per heavy atom. The first kappa shape index (κ1) is 15.7. The summed E-state index contributed by atoms with van der Waals surface area (Å²) in [4.78, 5) is 11.7. The summed E-state index contributed by atoms with van der Waals surface area (Å²) < 4.78 is 0. The molecule has 0 saturated carbocycles. The summed E-state index contributed by atoms with van der Waals surface area (Å²) >= 11 is 0. The number of carbonyl (C=O) groups excluding carboxylic acids is 1. The van der Waals surface area contributed by atoms with E-state index in [1.807, 2.05) is 31.2 Å². The summed E-state index contributed by atoms with van der Waals surface area (Å²) in [5, 5.41) is 15.4. The number of aliphatic hydroxyl groups is 1. The highest BCUT2D eigenvalue weighted by molar-refractivity contribution is 5.92. The van der Waals surface area contributed by atoms with Gasteiger partial charge in [-0.2, -0.15) is 0 Å². The van der Waals surface area contributed by atoms with E-state index >= 15 is 0 Å². The molecule has 1 atom stereocenters. The third kappa shape index (κ3) is 6.94. The topological polar surface area (TPSA) is 61.4 Å². The van der Waals surface area contributed by atoms with E-state index in [4.69, 9.17) is 0 Å². The number of aryl methyl sites for hydroxylation is 1. The van der Waals surface area contributed by atoms with Gasteiger partial charge in [-0.3, -0.25) is 4.79 Å². The predicted octanol–water partition coefficient (Wildman–Crippen LogP) is 1.93. The van der Waals surface area contributed by atoms with Crippen molar-refractivity contribution in [2.24, 2.45) is 5.92 Å². The van der Waals surface area contributed by atoms with E-state index < -0.39 is 6.10 Å². The minimum Gasteiger partial charge on any atom is -0.392 e. The summed E-state index contributed by atoms with van der Waals surface area (Å²) in [5.74, 6) is 0.361. The van der Waals surface area contributed by atoms with Crippen LogP contribution in [0.3, 0.4) is 0 Å². The second kappa shape index (κ2) is 7.92. The first-order valence-corrected chi connectivity index (χ1v) is 6.72. The Bertz CT molecular complexity index is 405. The zero-order chi connectivity index (χ0) is 14.3. The monoisotopic (exact) mass is 264 g/mol. The van der Waals surface area contributed by atoms with E-state index in [1.165, 1.54) is 0 Å². The van der Waals surface area contributed by atoms with Crippen molar-refractivity contribution in [3.8, 4) is 0 Å². The average Bonchev–Trinajstić information content (AvgIpc) is 2.27. The molecule has 0 radical (unpaired) electrons. The van der Waals surface area contributed by atoms with Gasteiger partial charge in [0.1, 0.15) is 0 Å². The van der Waals surface area contributed by atoms with Gasteiger partial charge in [-0.05, 0) is 37.0 Å². The van der Waals surface area contributed by atoms with E-state index in [0.29, 0.717) is 12.5 Å². The molecule has 0 aliphatic heterocycles. The van der Waals surface area contributed by atoms with Crippen molar-refractivity contribution in [2.45, 2.75) is 33.3 Å². The van der Waals surface area contributed by atoms with Crippen LogP contribution in [0.5, 0.6) is 0 Å². The summed E-state index contributed by atoms with van der Waals surface area (Å²) in [6.07, 6.45) is 0.346. The molecule has 0 aromatic heterocycles. The summed E-state index contributed by atoms with van der Waals surface area (Å²) in [7, 11) is 0. The van der Waals surface area contributed by atoms with Crippen LogP contribution in [0.2, 0.25) is 0 Å². The molecule has 1 rings (SSSR count). The van der Waals surface area contributed by atoms with E-state index in [-0.39, 0.29) is 12.5 Å². The van der Waals surface area contributed by atoms with Crippen molar-refractivity contribution in [2.75, 3.05) is 18.4 Å². The van der Waals surface area contributed by atoms with Crippen LogP contribution in [0.1, 0.15) is 25.8 Å². The third-order valence-corrected chi connectivity index (χ3v) is 2.71. The van der Waals surface area contributed by atoms with Crippen LogP contribution in [-0.2, 0) is 4.79 Å². The molecule has 4 nitrogen and oxygen atoms in total. The Morgan fingerprint density at radius 1 is 1.37 bits per heavy atom. The van der Waals surface area contributed by atoms with Crippen molar-refractivity contribution in [1.29, 1.82) is 0 Å². The second-order valence-corrected chi connectivity index (χ2v) is 5.33. The molecule has 0 saturated heterocycles. The van der Waals surface area contributed by atoms with Crippen LogP contribution in [-0.4, -0.2) is 30.2 Å². The maximum Gasteiger partial charge on any atom is 0.238 e. The summed E-state index contributed by atoms with van der Waals surface area (Å²) in [5.41, 5.74) is 1.91. The molecular weight excluding hydrogens is 240 g/mol. The van der Waals surface area contributed by atoms with Crippen LogP contribution in [0, 0.1) is 12.8 Å². The Hall–Kier alpha value is -1.39. The molecule has 0 aliphatic carbocycles. The Labute approximate surface area is 115 Å². The Kier molecular flexibility index (Phi) is 6.53. The van der Waals surface area contributed by atoms with Gasteiger partial charge in [-0.15, -0.1) is 0 Å². The molecule has 0 fully saturated rings. The van der Waals surface area contributed by atoms with Crippen LogP contribution in [0.15, 0.2) is 24.3 Å². The minimum atomic E-state index is -0.397. The van der Waals surface area contributed by atoms with Crippen LogP contribution >= 0.6 is 0 Å². The molecule has 1 amide bonds. The number of anilines is 1. The van der Waals surface area contributed by atoms with Crippen molar-refractivity contribution in [1.82, 2.24) is 5.32 Å². The molecule has 106 valence electrons. The van der Waals surface area contributed by atoms with Crippen LogP contribution in [0.25, 0.3) is 0 Å². The smallest absolute Gasteiger partial charge is 0.238 e. The van der Waals surface area contributed by atoms with Gasteiger partial charge in [0.25, 0.3) is 0 Å². The second-order valence-electron chi connectivity index (χ2n) is 5.33. The lowest BCUT2D eigenvalue weighted by Gasteiger charge is -2.13. The molecule has 0 aliphatic rings. The maximum atomic E-state index is 11.7. The summed E-state index contributed by atoms with van der Waals surface area (Å²) in [6, 6.07) is 7.67. The van der Waals surface area contributed by atoms with E-state index in [2.05, 4.69) is 24.5 Å². The number of rotatable bonds is 7. The molecule has 3 N–H and O–H groups in total. The first-order chi connectivity index (χ1) is 8.97. The van der Waals surface area contributed by atoms with Gasteiger partial charge in [0, 0.05) is 12.2 Å². The number of aliphatic hydroxyl groups excluding tert-OH is 1. The van der Waals surface area contributed by atoms with E-state index in [1.54, 1.807) is 0 Å². The van der Waals surface area contributed by atoms with Crippen LogP contribution < -0.4 is 10.6 Å². The zero-order valence-electron chi connectivity index (χ0n) is 11.9. The molecule has 0 spiro atoms. The molecule has 0 bridgehead atoms. The highest BCUT2D eigenvalue weighted by Gasteiger charge is 2.08.